The minimum Gasteiger partial charge on any atom is -0.309 e. The Morgan fingerprint density at radius 3 is 2.72 bits per heavy atom. The number of carbonyl (C=O) groups is 1. The molecule has 0 saturated heterocycles. The van der Waals surface area contributed by atoms with Gasteiger partial charge in [0.15, 0.2) is 0 Å². The van der Waals surface area contributed by atoms with Gasteiger partial charge >= 0.3 is 0 Å². The number of benzene rings is 2. The summed E-state index contributed by atoms with van der Waals surface area (Å²) in [4.78, 5) is 29.5. The molecule has 2 aromatic heterocycles. The Morgan fingerprint density at radius 2 is 1.93 bits per heavy atom. The fourth-order valence-electron chi connectivity index (χ4n) is 3.11. The van der Waals surface area contributed by atoms with Crippen molar-refractivity contribution in [3.63, 3.8) is 0 Å². The first-order valence-corrected chi connectivity index (χ1v) is 9.81. The lowest BCUT2D eigenvalue weighted by atomic mass is 10.1. The summed E-state index contributed by atoms with van der Waals surface area (Å²) in [5.41, 5.74) is 2.39. The van der Waals surface area contributed by atoms with Gasteiger partial charge in [0.05, 0.1) is 30.0 Å². The number of aromatic nitrogens is 4. The molecule has 4 aromatic rings. The van der Waals surface area contributed by atoms with Crippen molar-refractivity contribution in [2.24, 2.45) is 0 Å². The zero-order valence-electron chi connectivity index (χ0n) is 15.7. The third-order valence-corrected chi connectivity index (χ3v) is 5.13. The highest BCUT2D eigenvalue weighted by Crippen LogP contribution is 2.14. The third-order valence-electron chi connectivity index (χ3n) is 4.60. The second-order valence-corrected chi connectivity index (χ2v) is 7.61. The minimum atomic E-state index is -0.321. The molecular weight excluding hydrogens is 434 g/mol. The molecule has 29 heavy (non-hydrogen) atoms. The largest absolute Gasteiger partial charge is 0.309 e. The van der Waals surface area contributed by atoms with Crippen LogP contribution in [0.3, 0.4) is 0 Å². The van der Waals surface area contributed by atoms with E-state index in [4.69, 9.17) is 0 Å². The van der Waals surface area contributed by atoms with Crippen molar-refractivity contribution in [2.75, 3.05) is 5.32 Å². The molecule has 1 amide bonds. The Balaban J connectivity index is 1.50. The number of para-hydroxylation sites is 1. The standard InChI is InChI=1S/C21H18BrN5O2/c1-14-3-2-4-17-20(14)23-13-26(21(17)29)12-19(28)25-18-9-10-24-27(18)11-15-5-7-16(22)8-6-15/h2-10,13H,11-12H2,1H3,(H,25,28). The van der Waals surface area contributed by atoms with Crippen LogP contribution in [0.15, 0.2) is 70.3 Å². The van der Waals surface area contributed by atoms with Gasteiger partial charge in [-0.2, -0.15) is 5.10 Å². The second-order valence-electron chi connectivity index (χ2n) is 6.70. The molecule has 0 saturated carbocycles. The molecule has 2 heterocycles. The molecule has 0 aliphatic carbocycles. The van der Waals surface area contributed by atoms with E-state index in [1.807, 2.05) is 43.3 Å². The van der Waals surface area contributed by atoms with Gasteiger partial charge in [-0.1, -0.05) is 40.2 Å². The van der Waals surface area contributed by atoms with Crippen LogP contribution in [0.1, 0.15) is 11.1 Å². The number of fused-ring (bicyclic) bond motifs is 1. The summed E-state index contributed by atoms with van der Waals surface area (Å²) >= 11 is 3.41. The maximum absolute atomic E-state index is 12.7. The number of anilines is 1. The van der Waals surface area contributed by atoms with Crippen LogP contribution in [0.25, 0.3) is 10.9 Å². The number of nitrogens with zero attached hydrogens (tertiary/aromatic N) is 4. The molecule has 0 fully saturated rings. The summed E-state index contributed by atoms with van der Waals surface area (Å²) in [6, 6.07) is 15.0. The summed E-state index contributed by atoms with van der Waals surface area (Å²) in [6.07, 6.45) is 3.04. The molecule has 0 aliphatic rings. The zero-order valence-corrected chi connectivity index (χ0v) is 17.3. The summed E-state index contributed by atoms with van der Waals surface area (Å²) < 4.78 is 4.01. The van der Waals surface area contributed by atoms with Crippen LogP contribution in [-0.4, -0.2) is 25.2 Å². The molecule has 0 radical (unpaired) electrons. The first kappa shape index (κ1) is 19.1. The minimum absolute atomic E-state index is 0.126. The topological polar surface area (TPSA) is 81.8 Å². The molecule has 4 rings (SSSR count). The number of halogens is 1. The Labute approximate surface area is 175 Å². The summed E-state index contributed by atoms with van der Waals surface area (Å²) in [5, 5.41) is 7.59. The Kier molecular flexibility index (Phi) is 5.26. The quantitative estimate of drug-likeness (QED) is 0.504. The van der Waals surface area contributed by atoms with E-state index in [9.17, 15) is 9.59 Å². The van der Waals surface area contributed by atoms with Gasteiger partial charge in [0.2, 0.25) is 5.91 Å². The van der Waals surface area contributed by atoms with Gasteiger partial charge in [-0.05, 0) is 36.2 Å². The van der Waals surface area contributed by atoms with Crippen LogP contribution in [0, 0.1) is 6.92 Å². The highest BCUT2D eigenvalue weighted by Gasteiger charge is 2.12. The lowest BCUT2D eigenvalue weighted by molar-refractivity contribution is -0.116. The van der Waals surface area contributed by atoms with Crippen molar-refractivity contribution in [3.8, 4) is 0 Å². The molecular formula is C21H18BrN5O2. The maximum atomic E-state index is 12.7. The van der Waals surface area contributed by atoms with Crippen molar-refractivity contribution >= 4 is 38.6 Å². The number of aryl methyl sites for hydroxylation is 1. The van der Waals surface area contributed by atoms with Crippen LogP contribution < -0.4 is 10.9 Å². The fraction of sp³-hybridized carbons (Fsp3) is 0.143. The van der Waals surface area contributed by atoms with E-state index in [1.54, 1.807) is 23.0 Å². The van der Waals surface area contributed by atoms with Crippen molar-refractivity contribution in [2.45, 2.75) is 20.0 Å². The summed E-state index contributed by atoms with van der Waals surface area (Å²) in [7, 11) is 0. The van der Waals surface area contributed by atoms with Crippen molar-refractivity contribution in [1.82, 2.24) is 19.3 Å². The molecule has 1 N–H and O–H groups in total. The smallest absolute Gasteiger partial charge is 0.261 e. The summed E-state index contributed by atoms with van der Waals surface area (Å²) in [5.74, 6) is 0.244. The van der Waals surface area contributed by atoms with Crippen LogP contribution >= 0.6 is 15.9 Å². The van der Waals surface area contributed by atoms with Crippen LogP contribution in [0.2, 0.25) is 0 Å². The highest BCUT2D eigenvalue weighted by atomic mass is 79.9. The van der Waals surface area contributed by atoms with Crippen molar-refractivity contribution < 1.29 is 4.79 Å². The SMILES string of the molecule is Cc1cccc2c(=O)n(CC(=O)Nc3ccnn3Cc3ccc(Br)cc3)cnc12. The Bertz CT molecular complexity index is 1240. The number of hydrogen-bond donors (Lipinski definition) is 1. The third kappa shape index (κ3) is 4.12. The van der Waals surface area contributed by atoms with E-state index in [-0.39, 0.29) is 18.0 Å². The van der Waals surface area contributed by atoms with E-state index < -0.39 is 0 Å². The fourth-order valence-corrected chi connectivity index (χ4v) is 3.38. The number of carbonyl (C=O) groups excluding carboxylic acids is 1. The van der Waals surface area contributed by atoms with Crippen LogP contribution in [0.4, 0.5) is 5.82 Å². The average molecular weight is 452 g/mol. The van der Waals surface area contributed by atoms with Gasteiger partial charge in [-0.15, -0.1) is 0 Å². The lowest BCUT2D eigenvalue weighted by Gasteiger charge is -2.11. The normalized spacial score (nSPS) is 11.0. The molecule has 0 atom stereocenters. The molecule has 7 nitrogen and oxygen atoms in total. The Morgan fingerprint density at radius 1 is 1.14 bits per heavy atom. The van der Waals surface area contributed by atoms with Gasteiger partial charge in [-0.3, -0.25) is 14.2 Å². The molecule has 0 spiro atoms. The molecule has 146 valence electrons. The monoisotopic (exact) mass is 451 g/mol. The van der Waals surface area contributed by atoms with Crippen molar-refractivity contribution in [3.05, 3.63) is 87.0 Å². The molecule has 0 unspecified atom stereocenters. The molecule has 0 aliphatic heterocycles. The average Bonchev–Trinajstić information content (AvgIpc) is 3.13. The van der Waals surface area contributed by atoms with E-state index >= 15 is 0 Å². The van der Waals surface area contributed by atoms with Gasteiger partial charge in [-0.25, -0.2) is 9.67 Å². The van der Waals surface area contributed by atoms with Gasteiger partial charge in [0.1, 0.15) is 12.4 Å². The zero-order chi connectivity index (χ0) is 20.4. The number of nitrogens with one attached hydrogen (secondary N) is 1. The van der Waals surface area contributed by atoms with Gasteiger partial charge < -0.3 is 5.32 Å². The highest BCUT2D eigenvalue weighted by molar-refractivity contribution is 9.10. The van der Waals surface area contributed by atoms with E-state index in [0.717, 1.165) is 15.6 Å². The number of rotatable bonds is 5. The molecule has 8 heteroatoms. The second kappa shape index (κ2) is 8.00. The Hall–Kier alpha value is -3.26. The van der Waals surface area contributed by atoms with E-state index in [2.05, 4.69) is 31.3 Å². The molecule has 0 bridgehead atoms. The van der Waals surface area contributed by atoms with Crippen LogP contribution in [-0.2, 0) is 17.9 Å². The number of hydrogen-bond acceptors (Lipinski definition) is 4. The first-order valence-electron chi connectivity index (χ1n) is 9.02. The van der Waals surface area contributed by atoms with E-state index in [1.165, 1.54) is 10.9 Å². The lowest BCUT2D eigenvalue weighted by Crippen LogP contribution is -2.28. The molecule has 2 aromatic carbocycles. The van der Waals surface area contributed by atoms with E-state index in [0.29, 0.717) is 23.3 Å². The predicted molar refractivity (Wildman–Crippen MR) is 115 cm³/mol. The maximum Gasteiger partial charge on any atom is 0.261 e. The number of amides is 1. The summed E-state index contributed by atoms with van der Waals surface area (Å²) in [6.45, 7) is 2.30. The predicted octanol–water partition coefficient (Wildman–Crippen LogP) is 3.35. The first-order chi connectivity index (χ1) is 14.0. The van der Waals surface area contributed by atoms with Crippen molar-refractivity contribution in [1.29, 1.82) is 0 Å². The van der Waals surface area contributed by atoms with Crippen LogP contribution in [0.5, 0.6) is 0 Å². The van der Waals surface area contributed by atoms with Gasteiger partial charge in [0, 0.05) is 10.5 Å². The van der Waals surface area contributed by atoms with Gasteiger partial charge in [0.25, 0.3) is 5.56 Å².